The van der Waals surface area contributed by atoms with Crippen molar-refractivity contribution in [1.29, 1.82) is 0 Å². The van der Waals surface area contributed by atoms with Gasteiger partial charge < -0.3 is 9.64 Å². The molecule has 4 heteroatoms. The van der Waals surface area contributed by atoms with Crippen molar-refractivity contribution in [2.75, 3.05) is 12.0 Å². The SMILES string of the molecule is COc1ccc2nc3cc(Cl)ccc3c(N(c3ccccc3)c3ccccc3)c2c1. The van der Waals surface area contributed by atoms with Gasteiger partial charge in [0.1, 0.15) is 5.75 Å². The molecule has 0 radical (unpaired) electrons. The van der Waals surface area contributed by atoms with Crippen LogP contribution in [0.15, 0.2) is 97.1 Å². The zero-order valence-electron chi connectivity index (χ0n) is 16.4. The summed E-state index contributed by atoms with van der Waals surface area (Å²) in [4.78, 5) is 7.14. The molecule has 3 nitrogen and oxygen atoms in total. The highest BCUT2D eigenvalue weighted by molar-refractivity contribution is 6.31. The van der Waals surface area contributed by atoms with Gasteiger partial charge in [0.25, 0.3) is 0 Å². The number of benzene rings is 4. The zero-order chi connectivity index (χ0) is 20.5. The third kappa shape index (κ3) is 3.23. The minimum absolute atomic E-state index is 0.666. The number of ether oxygens (including phenoxy) is 1. The van der Waals surface area contributed by atoms with E-state index in [4.69, 9.17) is 21.3 Å². The zero-order valence-corrected chi connectivity index (χ0v) is 17.2. The van der Waals surface area contributed by atoms with E-state index in [0.717, 1.165) is 44.6 Å². The molecule has 0 aliphatic carbocycles. The number of pyridine rings is 1. The maximum atomic E-state index is 6.31. The third-order valence-corrected chi connectivity index (χ3v) is 5.40. The fourth-order valence-corrected chi connectivity index (χ4v) is 3.97. The van der Waals surface area contributed by atoms with Crippen LogP contribution in [0.5, 0.6) is 5.75 Å². The number of hydrogen-bond donors (Lipinski definition) is 0. The lowest BCUT2D eigenvalue weighted by Gasteiger charge is -2.28. The van der Waals surface area contributed by atoms with E-state index in [1.807, 2.05) is 72.8 Å². The van der Waals surface area contributed by atoms with Gasteiger partial charge in [0, 0.05) is 27.2 Å². The molecule has 1 heterocycles. The number of para-hydroxylation sites is 2. The van der Waals surface area contributed by atoms with Gasteiger partial charge in [0.15, 0.2) is 0 Å². The normalized spacial score (nSPS) is 11.0. The molecule has 0 saturated carbocycles. The van der Waals surface area contributed by atoms with E-state index < -0.39 is 0 Å². The molecule has 0 N–H and O–H groups in total. The average molecular weight is 411 g/mol. The Bertz CT molecular complexity index is 1300. The van der Waals surface area contributed by atoms with Crippen LogP contribution in [0.2, 0.25) is 5.02 Å². The Morgan fingerprint density at radius 3 is 2.00 bits per heavy atom. The van der Waals surface area contributed by atoms with Gasteiger partial charge in [-0.25, -0.2) is 4.98 Å². The second-order valence-electron chi connectivity index (χ2n) is 7.01. The highest BCUT2D eigenvalue weighted by Crippen LogP contribution is 2.43. The summed E-state index contributed by atoms with van der Waals surface area (Å²) in [5.41, 5.74) is 4.91. The first-order valence-electron chi connectivity index (χ1n) is 9.72. The van der Waals surface area contributed by atoms with Crippen molar-refractivity contribution in [2.24, 2.45) is 0 Å². The molecule has 0 aliphatic rings. The highest BCUT2D eigenvalue weighted by Gasteiger charge is 2.20. The molecule has 0 atom stereocenters. The van der Waals surface area contributed by atoms with Crippen LogP contribution in [-0.2, 0) is 0 Å². The monoisotopic (exact) mass is 410 g/mol. The van der Waals surface area contributed by atoms with E-state index in [9.17, 15) is 0 Å². The molecular formula is C26H19ClN2O. The van der Waals surface area contributed by atoms with Crippen molar-refractivity contribution >= 4 is 50.5 Å². The fourth-order valence-electron chi connectivity index (χ4n) is 3.80. The maximum absolute atomic E-state index is 6.31. The first-order valence-corrected chi connectivity index (χ1v) is 10.1. The summed E-state index contributed by atoms with van der Waals surface area (Å²) in [6.45, 7) is 0. The number of methoxy groups -OCH3 is 1. The van der Waals surface area contributed by atoms with Crippen LogP contribution >= 0.6 is 11.6 Å². The van der Waals surface area contributed by atoms with E-state index in [1.165, 1.54) is 0 Å². The Hall–Kier alpha value is -3.56. The maximum Gasteiger partial charge on any atom is 0.119 e. The number of nitrogens with zero attached hydrogens (tertiary/aromatic N) is 2. The van der Waals surface area contributed by atoms with Crippen LogP contribution in [0.4, 0.5) is 17.1 Å². The Balaban J connectivity index is 1.93. The number of hydrogen-bond acceptors (Lipinski definition) is 3. The van der Waals surface area contributed by atoms with Gasteiger partial charge in [0.05, 0.1) is 23.8 Å². The van der Waals surface area contributed by atoms with Crippen molar-refractivity contribution in [3.63, 3.8) is 0 Å². The fraction of sp³-hybridized carbons (Fsp3) is 0.0385. The molecule has 0 bridgehead atoms. The quantitative estimate of drug-likeness (QED) is 0.286. The summed E-state index contributed by atoms with van der Waals surface area (Å²) >= 11 is 6.31. The summed E-state index contributed by atoms with van der Waals surface area (Å²) in [7, 11) is 1.68. The summed E-state index contributed by atoms with van der Waals surface area (Å²) < 4.78 is 5.53. The topological polar surface area (TPSA) is 25.4 Å². The summed E-state index contributed by atoms with van der Waals surface area (Å²) in [5, 5.41) is 2.70. The van der Waals surface area contributed by atoms with E-state index in [1.54, 1.807) is 7.11 Å². The van der Waals surface area contributed by atoms with Gasteiger partial charge in [-0.1, -0.05) is 48.0 Å². The summed E-state index contributed by atoms with van der Waals surface area (Å²) in [6, 6.07) is 32.5. The van der Waals surface area contributed by atoms with E-state index in [-0.39, 0.29) is 0 Å². The molecule has 0 fully saturated rings. The minimum atomic E-state index is 0.666. The number of halogens is 1. The molecule has 5 aromatic rings. The van der Waals surface area contributed by atoms with Crippen molar-refractivity contribution < 1.29 is 4.74 Å². The lowest BCUT2D eigenvalue weighted by Crippen LogP contribution is -2.11. The van der Waals surface area contributed by atoms with Crippen LogP contribution in [0.3, 0.4) is 0 Å². The predicted molar refractivity (Wildman–Crippen MR) is 125 cm³/mol. The second-order valence-corrected chi connectivity index (χ2v) is 7.45. The Morgan fingerprint density at radius 2 is 1.37 bits per heavy atom. The first kappa shape index (κ1) is 18.5. The van der Waals surface area contributed by atoms with Gasteiger partial charge in [-0.15, -0.1) is 0 Å². The van der Waals surface area contributed by atoms with Crippen LogP contribution in [0, 0.1) is 0 Å². The molecule has 146 valence electrons. The number of aromatic nitrogens is 1. The van der Waals surface area contributed by atoms with Crippen molar-refractivity contribution in [1.82, 2.24) is 4.98 Å². The Labute approximate surface area is 180 Å². The summed E-state index contributed by atoms with van der Waals surface area (Å²) in [6.07, 6.45) is 0. The lowest BCUT2D eigenvalue weighted by molar-refractivity contribution is 0.415. The second kappa shape index (κ2) is 7.69. The largest absolute Gasteiger partial charge is 0.497 e. The highest BCUT2D eigenvalue weighted by atomic mass is 35.5. The number of anilines is 3. The molecule has 0 saturated heterocycles. The standard InChI is InChI=1S/C26H19ClN2O/c1-30-21-13-15-24-23(17-21)26(22-14-12-18(27)16-25(22)28-24)29(19-8-4-2-5-9-19)20-10-6-3-7-11-20/h2-17H,1H3. The molecule has 0 spiro atoms. The van der Waals surface area contributed by atoms with Gasteiger partial charge in [0.2, 0.25) is 0 Å². The first-order chi connectivity index (χ1) is 14.7. The van der Waals surface area contributed by atoms with Crippen molar-refractivity contribution in [2.45, 2.75) is 0 Å². The van der Waals surface area contributed by atoms with Gasteiger partial charge in [-0.3, -0.25) is 0 Å². The number of fused-ring (bicyclic) bond motifs is 2. The van der Waals surface area contributed by atoms with Crippen molar-refractivity contribution in [3.05, 3.63) is 102 Å². The van der Waals surface area contributed by atoms with Gasteiger partial charge >= 0.3 is 0 Å². The lowest BCUT2D eigenvalue weighted by atomic mass is 10.0. The predicted octanol–water partition coefficient (Wildman–Crippen LogP) is 7.52. The Kier molecular flexibility index (Phi) is 4.74. The molecule has 1 aromatic heterocycles. The van der Waals surface area contributed by atoms with Crippen LogP contribution in [-0.4, -0.2) is 12.1 Å². The van der Waals surface area contributed by atoms with Crippen LogP contribution in [0.1, 0.15) is 0 Å². The minimum Gasteiger partial charge on any atom is -0.497 e. The van der Waals surface area contributed by atoms with E-state index in [2.05, 4.69) is 29.2 Å². The molecule has 4 aromatic carbocycles. The Morgan fingerprint density at radius 1 is 0.700 bits per heavy atom. The summed E-state index contributed by atoms with van der Waals surface area (Å²) in [5.74, 6) is 0.792. The third-order valence-electron chi connectivity index (χ3n) is 5.17. The molecule has 5 rings (SSSR count). The molecule has 0 aliphatic heterocycles. The van der Waals surface area contributed by atoms with Crippen molar-refractivity contribution in [3.8, 4) is 5.75 Å². The molecule has 0 amide bonds. The van der Waals surface area contributed by atoms with Crippen LogP contribution in [0.25, 0.3) is 21.8 Å². The van der Waals surface area contributed by atoms with Gasteiger partial charge in [-0.05, 0) is 60.7 Å². The van der Waals surface area contributed by atoms with E-state index in [0.29, 0.717) is 5.02 Å². The van der Waals surface area contributed by atoms with E-state index >= 15 is 0 Å². The molecule has 30 heavy (non-hydrogen) atoms. The molecule has 0 unspecified atom stereocenters. The van der Waals surface area contributed by atoms with Crippen LogP contribution < -0.4 is 9.64 Å². The average Bonchev–Trinajstić information content (AvgIpc) is 2.80. The smallest absolute Gasteiger partial charge is 0.119 e. The number of rotatable bonds is 4. The van der Waals surface area contributed by atoms with Gasteiger partial charge in [-0.2, -0.15) is 0 Å². The molecular weight excluding hydrogens is 392 g/mol.